The van der Waals surface area contributed by atoms with E-state index in [1.165, 1.54) is 30.4 Å². The Labute approximate surface area is 101 Å². The van der Waals surface area contributed by atoms with E-state index >= 15 is 0 Å². The highest BCUT2D eigenvalue weighted by atomic mass is 16.5. The molecule has 2 heteroatoms. The third-order valence-corrected chi connectivity index (χ3v) is 3.18. The van der Waals surface area contributed by atoms with Gasteiger partial charge in [0.2, 0.25) is 5.88 Å². The molecular formula is C15H15NO. The van der Waals surface area contributed by atoms with Crippen LogP contribution in [-0.4, -0.2) is 4.98 Å². The van der Waals surface area contributed by atoms with Gasteiger partial charge in [-0.3, -0.25) is 0 Å². The normalized spacial score (nSPS) is 13.5. The first-order chi connectivity index (χ1) is 8.31. The Kier molecular flexibility index (Phi) is 2.56. The Morgan fingerprint density at radius 2 is 1.94 bits per heavy atom. The van der Waals surface area contributed by atoms with Crippen LogP contribution in [0.3, 0.4) is 0 Å². The third-order valence-electron chi connectivity index (χ3n) is 3.18. The molecule has 0 spiro atoms. The van der Waals surface area contributed by atoms with E-state index in [1.54, 1.807) is 6.20 Å². The van der Waals surface area contributed by atoms with E-state index in [1.807, 2.05) is 25.1 Å². The fraction of sp³-hybridized carbons (Fsp3) is 0.267. The molecule has 0 atom stereocenters. The second kappa shape index (κ2) is 4.21. The standard InChI is InChI=1S/C15H15NO/c1-11-7-8-16-15(9-11)17-14-6-5-12-3-2-4-13(12)10-14/h5-10H,2-4H2,1H3. The predicted molar refractivity (Wildman–Crippen MR) is 67.5 cm³/mol. The Balaban J connectivity index is 1.86. The van der Waals surface area contributed by atoms with Crippen molar-refractivity contribution in [3.05, 3.63) is 53.2 Å². The molecule has 2 aromatic rings. The van der Waals surface area contributed by atoms with Gasteiger partial charge in [-0.15, -0.1) is 0 Å². The first-order valence-corrected chi connectivity index (χ1v) is 6.03. The molecule has 86 valence electrons. The minimum absolute atomic E-state index is 0.669. The largest absolute Gasteiger partial charge is 0.439 e. The molecule has 0 saturated heterocycles. The third kappa shape index (κ3) is 2.16. The SMILES string of the molecule is Cc1ccnc(Oc2ccc3c(c2)CCC3)c1. The lowest BCUT2D eigenvalue weighted by Gasteiger charge is -2.07. The molecule has 1 heterocycles. The van der Waals surface area contributed by atoms with E-state index in [0.717, 1.165) is 11.3 Å². The number of rotatable bonds is 2. The van der Waals surface area contributed by atoms with E-state index in [-0.39, 0.29) is 0 Å². The molecule has 3 rings (SSSR count). The Morgan fingerprint density at radius 1 is 1.06 bits per heavy atom. The second-order valence-corrected chi connectivity index (χ2v) is 4.56. The molecule has 0 aliphatic heterocycles. The van der Waals surface area contributed by atoms with Crippen LogP contribution in [0.5, 0.6) is 11.6 Å². The summed E-state index contributed by atoms with van der Waals surface area (Å²) < 4.78 is 5.77. The average Bonchev–Trinajstić information content (AvgIpc) is 2.76. The maximum absolute atomic E-state index is 5.77. The van der Waals surface area contributed by atoms with Crippen LogP contribution in [0.1, 0.15) is 23.1 Å². The van der Waals surface area contributed by atoms with Crippen molar-refractivity contribution in [2.24, 2.45) is 0 Å². The number of aromatic nitrogens is 1. The van der Waals surface area contributed by atoms with Crippen LogP contribution in [0.15, 0.2) is 36.5 Å². The fourth-order valence-electron chi connectivity index (χ4n) is 2.30. The van der Waals surface area contributed by atoms with Crippen molar-refractivity contribution >= 4 is 0 Å². The highest BCUT2D eigenvalue weighted by molar-refractivity contribution is 5.39. The second-order valence-electron chi connectivity index (χ2n) is 4.56. The van der Waals surface area contributed by atoms with Crippen molar-refractivity contribution in [3.8, 4) is 11.6 Å². The van der Waals surface area contributed by atoms with Gasteiger partial charge in [-0.2, -0.15) is 0 Å². The van der Waals surface area contributed by atoms with Gasteiger partial charge < -0.3 is 4.74 Å². The summed E-state index contributed by atoms with van der Waals surface area (Å²) in [6.45, 7) is 2.04. The molecule has 1 aliphatic carbocycles. The van der Waals surface area contributed by atoms with Crippen molar-refractivity contribution < 1.29 is 4.74 Å². The summed E-state index contributed by atoms with van der Waals surface area (Å²) in [4.78, 5) is 4.21. The molecule has 1 aromatic heterocycles. The Bertz CT molecular complexity index is 548. The van der Waals surface area contributed by atoms with E-state index < -0.39 is 0 Å². The molecule has 1 aliphatic rings. The van der Waals surface area contributed by atoms with Crippen LogP contribution in [-0.2, 0) is 12.8 Å². The van der Waals surface area contributed by atoms with E-state index in [4.69, 9.17) is 4.74 Å². The molecule has 0 bridgehead atoms. The zero-order valence-corrected chi connectivity index (χ0v) is 9.94. The summed E-state index contributed by atoms with van der Waals surface area (Å²) >= 11 is 0. The van der Waals surface area contributed by atoms with Crippen LogP contribution in [0.25, 0.3) is 0 Å². The fourth-order valence-corrected chi connectivity index (χ4v) is 2.30. The topological polar surface area (TPSA) is 22.1 Å². The zero-order chi connectivity index (χ0) is 11.7. The van der Waals surface area contributed by atoms with Gasteiger partial charge in [-0.05, 0) is 61.1 Å². The van der Waals surface area contributed by atoms with Crippen LogP contribution in [0.2, 0.25) is 0 Å². The quantitative estimate of drug-likeness (QED) is 0.778. The summed E-state index contributed by atoms with van der Waals surface area (Å²) in [7, 11) is 0. The summed E-state index contributed by atoms with van der Waals surface area (Å²) in [5.74, 6) is 1.56. The zero-order valence-electron chi connectivity index (χ0n) is 9.94. The first kappa shape index (κ1) is 10.3. The number of pyridine rings is 1. The lowest BCUT2D eigenvalue weighted by Crippen LogP contribution is -1.90. The van der Waals surface area contributed by atoms with Gasteiger partial charge in [0, 0.05) is 12.3 Å². The van der Waals surface area contributed by atoms with Gasteiger partial charge in [0.1, 0.15) is 5.75 Å². The highest BCUT2D eigenvalue weighted by Gasteiger charge is 2.11. The predicted octanol–water partition coefficient (Wildman–Crippen LogP) is 3.67. The van der Waals surface area contributed by atoms with Gasteiger partial charge in [0.15, 0.2) is 0 Å². The molecule has 0 saturated carbocycles. The number of ether oxygens (including phenoxy) is 1. The molecular weight excluding hydrogens is 210 g/mol. The van der Waals surface area contributed by atoms with Crippen molar-refractivity contribution in [3.63, 3.8) is 0 Å². The lowest BCUT2D eigenvalue weighted by atomic mass is 10.1. The Hall–Kier alpha value is -1.83. The molecule has 1 aromatic carbocycles. The van der Waals surface area contributed by atoms with Gasteiger partial charge in [0.25, 0.3) is 0 Å². The number of hydrogen-bond donors (Lipinski definition) is 0. The number of benzene rings is 1. The van der Waals surface area contributed by atoms with E-state index in [2.05, 4.69) is 17.1 Å². The highest BCUT2D eigenvalue weighted by Crippen LogP contribution is 2.28. The molecule has 0 N–H and O–H groups in total. The summed E-state index contributed by atoms with van der Waals surface area (Å²) in [6.07, 6.45) is 5.42. The molecule has 2 nitrogen and oxygen atoms in total. The summed E-state index contributed by atoms with van der Waals surface area (Å²) in [6, 6.07) is 10.3. The number of fused-ring (bicyclic) bond motifs is 1. The molecule has 17 heavy (non-hydrogen) atoms. The van der Waals surface area contributed by atoms with E-state index in [9.17, 15) is 0 Å². The molecule has 0 amide bonds. The van der Waals surface area contributed by atoms with Gasteiger partial charge >= 0.3 is 0 Å². The number of aryl methyl sites for hydroxylation is 3. The maximum atomic E-state index is 5.77. The molecule has 0 fully saturated rings. The average molecular weight is 225 g/mol. The van der Waals surface area contributed by atoms with Crippen molar-refractivity contribution in [1.29, 1.82) is 0 Å². The van der Waals surface area contributed by atoms with Crippen LogP contribution >= 0.6 is 0 Å². The van der Waals surface area contributed by atoms with Crippen molar-refractivity contribution in [2.45, 2.75) is 26.2 Å². The Morgan fingerprint density at radius 3 is 2.82 bits per heavy atom. The van der Waals surface area contributed by atoms with Crippen molar-refractivity contribution in [2.75, 3.05) is 0 Å². The monoisotopic (exact) mass is 225 g/mol. The van der Waals surface area contributed by atoms with Gasteiger partial charge in [0.05, 0.1) is 0 Å². The number of hydrogen-bond acceptors (Lipinski definition) is 2. The first-order valence-electron chi connectivity index (χ1n) is 6.03. The van der Waals surface area contributed by atoms with Crippen LogP contribution < -0.4 is 4.74 Å². The van der Waals surface area contributed by atoms with Gasteiger partial charge in [-0.25, -0.2) is 4.98 Å². The number of nitrogens with zero attached hydrogens (tertiary/aromatic N) is 1. The van der Waals surface area contributed by atoms with Gasteiger partial charge in [-0.1, -0.05) is 6.07 Å². The maximum Gasteiger partial charge on any atom is 0.219 e. The lowest BCUT2D eigenvalue weighted by molar-refractivity contribution is 0.462. The van der Waals surface area contributed by atoms with Crippen LogP contribution in [0, 0.1) is 6.92 Å². The minimum Gasteiger partial charge on any atom is -0.439 e. The van der Waals surface area contributed by atoms with E-state index in [0.29, 0.717) is 5.88 Å². The molecule has 0 unspecified atom stereocenters. The minimum atomic E-state index is 0.669. The smallest absolute Gasteiger partial charge is 0.219 e. The van der Waals surface area contributed by atoms with Crippen LogP contribution in [0.4, 0.5) is 0 Å². The summed E-state index contributed by atoms with van der Waals surface area (Å²) in [5.41, 5.74) is 4.06. The molecule has 0 radical (unpaired) electrons. The summed E-state index contributed by atoms with van der Waals surface area (Å²) in [5, 5.41) is 0. The van der Waals surface area contributed by atoms with Crippen molar-refractivity contribution in [1.82, 2.24) is 4.98 Å².